The first kappa shape index (κ1) is 7.75. The zero-order valence-electron chi connectivity index (χ0n) is 6.54. The van der Waals surface area contributed by atoms with E-state index in [0.29, 0.717) is 0 Å². The number of benzene rings is 1. The fourth-order valence-electron chi connectivity index (χ4n) is 0.865. The first-order chi connectivity index (χ1) is 4.84. The molecule has 0 spiro atoms. The van der Waals surface area contributed by atoms with Crippen LogP contribution in [-0.4, -0.2) is 12.8 Å². The maximum absolute atomic E-state index is 2.32. The van der Waals surface area contributed by atoms with Crippen molar-refractivity contribution in [3.8, 4) is 0 Å². The molecule has 0 saturated carbocycles. The summed E-state index contributed by atoms with van der Waals surface area (Å²) in [5.74, 6) is 0. The van der Waals surface area contributed by atoms with Gasteiger partial charge in [0.1, 0.15) is 0 Å². The van der Waals surface area contributed by atoms with Gasteiger partial charge in [-0.1, -0.05) is 45.2 Å². The molecule has 1 aromatic carbocycles. The minimum Gasteiger partial charge on any atom is -0.0788 e. The van der Waals surface area contributed by atoms with E-state index in [1.807, 2.05) is 0 Å². The second-order valence-corrected chi connectivity index (χ2v) is 4.89. The third-order valence-electron chi connectivity index (χ3n) is 1.67. The minimum absolute atomic E-state index is 0.127. The highest BCUT2D eigenvalue weighted by molar-refractivity contribution is 7.64. The molecule has 1 heteroatoms. The second kappa shape index (κ2) is 3.73. The fourth-order valence-corrected chi connectivity index (χ4v) is 1.91. The first-order valence-electron chi connectivity index (χ1n) is 3.60. The van der Waals surface area contributed by atoms with Crippen LogP contribution in [0.3, 0.4) is 0 Å². The molecule has 0 bridgehead atoms. The van der Waals surface area contributed by atoms with E-state index < -0.39 is 0 Å². The largest absolute Gasteiger partial charge is 0.0788 e. The lowest BCUT2D eigenvalue weighted by molar-refractivity contribution is 1.50. The number of rotatable bonds is 2. The normalized spacial score (nSPS) is 13.0. The number of hydrogen-bond donors (Lipinski definition) is 0. The highest BCUT2D eigenvalue weighted by atomic mass is 31.1. The monoisotopic (exact) mass is 152 g/mol. The molecule has 0 aromatic heterocycles. The van der Waals surface area contributed by atoms with E-state index in [0.717, 1.165) is 0 Å². The van der Waals surface area contributed by atoms with Gasteiger partial charge < -0.3 is 0 Å². The van der Waals surface area contributed by atoms with Gasteiger partial charge in [-0.25, -0.2) is 0 Å². The predicted octanol–water partition coefficient (Wildman–Crippen LogP) is 2.44. The maximum atomic E-state index is 2.32. The summed E-state index contributed by atoms with van der Waals surface area (Å²) in [6, 6.07) is 10.7. The van der Waals surface area contributed by atoms with Gasteiger partial charge in [-0.15, -0.1) is 0 Å². The van der Waals surface area contributed by atoms with Crippen LogP contribution in [0, 0.1) is 0 Å². The van der Waals surface area contributed by atoms with Crippen molar-refractivity contribution in [1.82, 2.24) is 0 Å². The van der Waals surface area contributed by atoms with Crippen LogP contribution in [0.25, 0.3) is 0 Å². The summed E-state index contributed by atoms with van der Waals surface area (Å²) >= 11 is 0. The first-order valence-corrected chi connectivity index (χ1v) is 5.58. The molecule has 0 fully saturated rings. The Morgan fingerprint density at radius 2 is 1.80 bits per heavy atom. The van der Waals surface area contributed by atoms with Gasteiger partial charge in [-0.2, -0.15) is 0 Å². The van der Waals surface area contributed by atoms with Crippen LogP contribution in [0.1, 0.15) is 6.92 Å². The van der Waals surface area contributed by atoms with Gasteiger partial charge in [-0.05, 0) is 18.1 Å². The molecule has 0 heterocycles. The molecule has 0 aliphatic rings. The van der Waals surface area contributed by atoms with Gasteiger partial charge in [0.2, 0.25) is 0 Å². The molecule has 0 aliphatic heterocycles. The molecule has 0 unspecified atom stereocenters. The van der Waals surface area contributed by atoms with Crippen LogP contribution < -0.4 is 5.30 Å². The van der Waals surface area contributed by atoms with Crippen molar-refractivity contribution < 1.29 is 0 Å². The van der Waals surface area contributed by atoms with Crippen LogP contribution in [0.5, 0.6) is 0 Å². The average molecular weight is 152 g/mol. The maximum Gasteiger partial charge on any atom is -0.0243 e. The molecule has 0 N–H and O–H groups in total. The quantitative estimate of drug-likeness (QED) is 0.571. The molecular weight excluding hydrogens is 139 g/mol. The molecule has 1 aromatic rings. The van der Waals surface area contributed by atoms with Gasteiger partial charge in [0.25, 0.3) is 0 Å². The molecule has 54 valence electrons. The second-order valence-electron chi connectivity index (χ2n) is 2.35. The lowest BCUT2D eigenvalue weighted by Gasteiger charge is -2.07. The molecule has 10 heavy (non-hydrogen) atoms. The summed E-state index contributed by atoms with van der Waals surface area (Å²) in [6.45, 7) is 4.57. The predicted molar refractivity (Wildman–Crippen MR) is 49.5 cm³/mol. The summed E-state index contributed by atoms with van der Waals surface area (Å²) in [7, 11) is 0.127. The van der Waals surface area contributed by atoms with Crippen molar-refractivity contribution >= 4 is 13.2 Å². The Kier molecular flexibility index (Phi) is 2.89. The van der Waals surface area contributed by atoms with E-state index >= 15 is 0 Å². The summed E-state index contributed by atoms with van der Waals surface area (Å²) in [4.78, 5) is 0. The molecule has 1 rings (SSSR count). The highest BCUT2D eigenvalue weighted by Crippen LogP contribution is 2.27. The summed E-state index contributed by atoms with van der Waals surface area (Å²) in [6.07, 6.45) is 1.29. The third-order valence-corrected chi connectivity index (χ3v) is 3.80. The Balaban J connectivity index is 2.75. The van der Waals surface area contributed by atoms with Crippen molar-refractivity contribution in [1.29, 1.82) is 0 Å². The Morgan fingerprint density at radius 3 is 2.30 bits per heavy atom. The average Bonchev–Trinajstić information content (AvgIpc) is 2.05. The van der Waals surface area contributed by atoms with Crippen LogP contribution in [-0.2, 0) is 0 Å². The van der Waals surface area contributed by atoms with Gasteiger partial charge in [-0.3, -0.25) is 0 Å². The molecule has 0 saturated heterocycles. The molecule has 0 amide bonds. The summed E-state index contributed by atoms with van der Waals surface area (Å²) in [5, 5.41) is 1.51. The van der Waals surface area contributed by atoms with Crippen molar-refractivity contribution in [3.63, 3.8) is 0 Å². The third kappa shape index (κ3) is 1.82. The summed E-state index contributed by atoms with van der Waals surface area (Å²) in [5.41, 5.74) is 0. The Bertz CT molecular complexity index is 181. The Morgan fingerprint density at radius 1 is 1.20 bits per heavy atom. The van der Waals surface area contributed by atoms with Gasteiger partial charge >= 0.3 is 0 Å². The van der Waals surface area contributed by atoms with E-state index in [2.05, 4.69) is 43.9 Å². The molecular formula is C9H13P. The number of hydrogen-bond acceptors (Lipinski definition) is 0. The van der Waals surface area contributed by atoms with Crippen molar-refractivity contribution in [3.05, 3.63) is 30.3 Å². The standard InChI is InChI=1S/C9H13P/c1-3-10(2)9-7-5-4-6-8-9/h4-8H,3H2,1-2H3/t10-/m0/s1. The van der Waals surface area contributed by atoms with Gasteiger partial charge in [0.15, 0.2) is 0 Å². The Labute approximate surface area is 64.0 Å². The van der Waals surface area contributed by atoms with Crippen molar-refractivity contribution in [2.24, 2.45) is 0 Å². The van der Waals surface area contributed by atoms with Gasteiger partial charge in [0, 0.05) is 0 Å². The molecule has 0 radical (unpaired) electrons. The summed E-state index contributed by atoms with van der Waals surface area (Å²) < 4.78 is 0. The van der Waals surface area contributed by atoms with E-state index in [4.69, 9.17) is 0 Å². The van der Waals surface area contributed by atoms with Crippen LogP contribution >= 0.6 is 7.92 Å². The topological polar surface area (TPSA) is 0 Å². The zero-order valence-corrected chi connectivity index (χ0v) is 7.44. The van der Waals surface area contributed by atoms with E-state index in [1.165, 1.54) is 11.5 Å². The SMILES string of the molecule is CC[P@](C)c1ccccc1. The van der Waals surface area contributed by atoms with E-state index in [9.17, 15) is 0 Å². The Hall–Kier alpha value is -0.350. The minimum atomic E-state index is 0.127. The van der Waals surface area contributed by atoms with E-state index in [1.54, 1.807) is 0 Å². The fraction of sp³-hybridized carbons (Fsp3) is 0.333. The molecule has 0 nitrogen and oxygen atoms in total. The molecule has 1 atom stereocenters. The lowest BCUT2D eigenvalue weighted by atomic mass is 10.4. The lowest BCUT2D eigenvalue weighted by Crippen LogP contribution is -1.98. The highest BCUT2D eigenvalue weighted by Gasteiger charge is 1.97. The van der Waals surface area contributed by atoms with E-state index in [-0.39, 0.29) is 7.92 Å². The van der Waals surface area contributed by atoms with Crippen molar-refractivity contribution in [2.75, 3.05) is 12.8 Å². The van der Waals surface area contributed by atoms with Crippen molar-refractivity contribution in [2.45, 2.75) is 6.92 Å². The zero-order chi connectivity index (χ0) is 7.40. The smallest absolute Gasteiger partial charge is 0.0243 e. The van der Waals surface area contributed by atoms with Crippen LogP contribution in [0.15, 0.2) is 30.3 Å². The molecule has 0 aliphatic carbocycles. The van der Waals surface area contributed by atoms with Crippen LogP contribution in [0.4, 0.5) is 0 Å². The van der Waals surface area contributed by atoms with Gasteiger partial charge in [0.05, 0.1) is 0 Å². The van der Waals surface area contributed by atoms with Crippen LogP contribution in [0.2, 0.25) is 0 Å².